The Hall–Kier alpha value is -2.67. The van der Waals surface area contributed by atoms with Gasteiger partial charge in [0.1, 0.15) is 0 Å². The van der Waals surface area contributed by atoms with E-state index < -0.39 is 0 Å². The third-order valence-electron chi connectivity index (χ3n) is 4.18. The van der Waals surface area contributed by atoms with Crippen LogP contribution < -0.4 is 19.5 Å². The highest BCUT2D eigenvalue weighted by Crippen LogP contribution is 2.44. The summed E-state index contributed by atoms with van der Waals surface area (Å²) in [5, 5.41) is 5.89. The molecule has 0 spiro atoms. The van der Waals surface area contributed by atoms with Gasteiger partial charge in [-0.3, -0.25) is 4.79 Å². The van der Waals surface area contributed by atoms with Crippen molar-refractivity contribution in [2.75, 3.05) is 27.9 Å². The first-order valence-electron chi connectivity index (χ1n) is 8.26. The van der Waals surface area contributed by atoms with Gasteiger partial charge in [0.2, 0.25) is 11.7 Å². The number of carbonyl (C=O) groups is 1. The topological polar surface area (TPSA) is 72.6 Å². The Labute approximate surface area is 156 Å². The molecule has 0 radical (unpaired) electrons. The number of H-pyrrole nitrogens is 1. The van der Waals surface area contributed by atoms with Crippen molar-refractivity contribution in [3.05, 3.63) is 40.2 Å². The maximum atomic E-state index is 12.0. The first-order valence-corrected chi connectivity index (χ1v) is 9.13. The summed E-state index contributed by atoms with van der Waals surface area (Å²) in [5.74, 6) is 1.82. The molecule has 1 amide bonds. The first-order chi connectivity index (χ1) is 12.7. The SMILES string of the molecule is COc1cc2[nH]cc(CCNC(=O)Cc3cccs3)c2c(OC)c1OC. The highest BCUT2D eigenvalue weighted by atomic mass is 32.1. The van der Waals surface area contributed by atoms with Crippen LogP contribution in [0.5, 0.6) is 17.2 Å². The van der Waals surface area contributed by atoms with Crippen molar-refractivity contribution in [3.8, 4) is 17.2 Å². The molecule has 0 unspecified atom stereocenters. The molecule has 0 bridgehead atoms. The van der Waals surface area contributed by atoms with E-state index in [4.69, 9.17) is 14.2 Å². The van der Waals surface area contributed by atoms with Crippen molar-refractivity contribution in [3.63, 3.8) is 0 Å². The predicted molar refractivity (Wildman–Crippen MR) is 103 cm³/mol. The minimum atomic E-state index is 0.0264. The third-order valence-corrected chi connectivity index (χ3v) is 5.06. The van der Waals surface area contributed by atoms with Crippen molar-refractivity contribution in [1.29, 1.82) is 0 Å². The number of amides is 1. The highest BCUT2D eigenvalue weighted by Gasteiger charge is 2.19. The van der Waals surface area contributed by atoms with Crippen LogP contribution in [0.4, 0.5) is 0 Å². The van der Waals surface area contributed by atoms with E-state index >= 15 is 0 Å². The molecule has 6 nitrogen and oxygen atoms in total. The number of ether oxygens (including phenoxy) is 3. The summed E-state index contributed by atoms with van der Waals surface area (Å²) in [4.78, 5) is 16.3. The molecule has 0 atom stereocenters. The lowest BCUT2D eigenvalue weighted by Crippen LogP contribution is -2.26. The highest BCUT2D eigenvalue weighted by molar-refractivity contribution is 7.10. The lowest BCUT2D eigenvalue weighted by molar-refractivity contribution is -0.120. The van der Waals surface area contributed by atoms with Gasteiger partial charge in [0, 0.05) is 29.1 Å². The summed E-state index contributed by atoms with van der Waals surface area (Å²) in [5.41, 5.74) is 1.95. The van der Waals surface area contributed by atoms with Crippen molar-refractivity contribution in [2.24, 2.45) is 0 Å². The van der Waals surface area contributed by atoms with E-state index in [2.05, 4.69) is 10.3 Å². The van der Waals surface area contributed by atoms with Crippen LogP contribution in [-0.2, 0) is 17.6 Å². The fourth-order valence-corrected chi connectivity index (χ4v) is 3.70. The van der Waals surface area contributed by atoms with Crippen LogP contribution in [0, 0.1) is 0 Å². The Kier molecular flexibility index (Phi) is 5.68. The van der Waals surface area contributed by atoms with E-state index in [0.29, 0.717) is 36.6 Å². The number of aromatic nitrogens is 1. The van der Waals surface area contributed by atoms with Crippen molar-refractivity contribution < 1.29 is 19.0 Å². The number of thiophene rings is 1. The summed E-state index contributed by atoms with van der Waals surface area (Å²) in [7, 11) is 4.79. The number of benzene rings is 1. The quantitative estimate of drug-likeness (QED) is 0.635. The fraction of sp³-hybridized carbons (Fsp3) is 0.316. The van der Waals surface area contributed by atoms with Gasteiger partial charge in [0.05, 0.1) is 33.3 Å². The molecule has 0 aliphatic carbocycles. The van der Waals surface area contributed by atoms with E-state index in [1.807, 2.05) is 29.8 Å². The van der Waals surface area contributed by atoms with Gasteiger partial charge in [0.25, 0.3) is 0 Å². The number of aromatic amines is 1. The Morgan fingerprint density at radius 2 is 2.00 bits per heavy atom. The number of methoxy groups -OCH3 is 3. The minimum absolute atomic E-state index is 0.0264. The third kappa shape index (κ3) is 3.62. The summed E-state index contributed by atoms with van der Waals surface area (Å²) in [6, 6.07) is 5.80. The van der Waals surface area contributed by atoms with Gasteiger partial charge in [-0.1, -0.05) is 6.07 Å². The Balaban J connectivity index is 1.75. The standard InChI is InChI=1S/C19H22N2O4S/c1-23-15-10-14-17(19(25-3)18(15)24-2)12(11-21-14)6-7-20-16(22)9-13-5-4-8-26-13/h4-5,8,10-11,21H,6-7,9H2,1-3H3,(H,20,22). The molecule has 3 aromatic rings. The number of hydrogen-bond acceptors (Lipinski definition) is 5. The molecule has 2 aromatic heterocycles. The summed E-state index contributed by atoms with van der Waals surface area (Å²) in [6.07, 6.45) is 3.03. The number of nitrogens with one attached hydrogen (secondary N) is 2. The molecular formula is C19H22N2O4S. The number of carbonyl (C=O) groups excluding carboxylic acids is 1. The normalized spacial score (nSPS) is 10.7. The van der Waals surface area contributed by atoms with E-state index in [0.717, 1.165) is 21.3 Å². The summed E-state index contributed by atoms with van der Waals surface area (Å²) >= 11 is 1.59. The zero-order valence-electron chi connectivity index (χ0n) is 15.0. The van der Waals surface area contributed by atoms with Crippen LogP contribution in [-0.4, -0.2) is 38.8 Å². The van der Waals surface area contributed by atoms with Crippen molar-refractivity contribution >= 4 is 28.1 Å². The van der Waals surface area contributed by atoms with Crippen LogP contribution in [0.25, 0.3) is 10.9 Å². The van der Waals surface area contributed by atoms with Crippen molar-refractivity contribution in [2.45, 2.75) is 12.8 Å². The first kappa shape index (κ1) is 18.1. The Morgan fingerprint density at radius 3 is 2.65 bits per heavy atom. The molecule has 2 heterocycles. The van der Waals surface area contributed by atoms with Gasteiger partial charge in [-0.05, 0) is 23.4 Å². The van der Waals surface area contributed by atoms with Gasteiger partial charge in [0.15, 0.2) is 11.5 Å². The zero-order chi connectivity index (χ0) is 18.5. The second-order valence-corrected chi connectivity index (χ2v) is 6.77. The fourth-order valence-electron chi connectivity index (χ4n) is 2.99. The van der Waals surface area contributed by atoms with Crippen LogP contribution in [0.2, 0.25) is 0 Å². The predicted octanol–water partition coefficient (Wildman–Crippen LogP) is 3.16. The largest absolute Gasteiger partial charge is 0.493 e. The summed E-state index contributed by atoms with van der Waals surface area (Å²) in [6.45, 7) is 0.550. The number of hydrogen-bond donors (Lipinski definition) is 2. The van der Waals surface area contributed by atoms with E-state index in [9.17, 15) is 4.79 Å². The smallest absolute Gasteiger partial charge is 0.225 e. The second kappa shape index (κ2) is 8.14. The molecule has 0 aliphatic heterocycles. The van der Waals surface area contributed by atoms with Gasteiger partial charge in [-0.2, -0.15) is 0 Å². The molecule has 0 saturated heterocycles. The Morgan fingerprint density at radius 1 is 1.19 bits per heavy atom. The molecule has 0 fully saturated rings. The lowest BCUT2D eigenvalue weighted by Gasteiger charge is -2.14. The molecule has 2 N–H and O–H groups in total. The molecule has 3 rings (SSSR count). The van der Waals surface area contributed by atoms with Crippen LogP contribution in [0.15, 0.2) is 29.8 Å². The number of rotatable bonds is 8. The second-order valence-electron chi connectivity index (χ2n) is 5.74. The van der Waals surface area contributed by atoms with Crippen LogP contribution >= 0.6 is 11.3 Å². The van der Waals surface area contributed by atoms with Gasteiger partial charge in [-0.25, -0.2) is 0 Å². The average molecular weight is 374 g/mol. The number of fused-ring (bicyclic) bond motifs is 1. The van der Waals surface area contributed by atoms with Crippen LogP contribution in [0.1, 0.15) is 10.4 Å². The average Bonchev–Trinajstić information content (AvgIpc) is 3.29. The molecule has 1 aromatic carbocycles. The van der Waals surface area contributed by atoms with Crippen LogP contribution in [0.3, 0.4) is 0 Å². The zero-order valence-corrected chi connectivity index (χ0v) is 15.9. The molecule has 138 valence electrons. The maximum absolute atomic E-state index is 12.0. The lowest BCUT2D eigenvalue weighted by atomic mass is 10.1. The molecular weight excluding hydrogens is 352 g/mol. The van der Waals surface area contributed by atoms with E-state index in [-0.39, 0.29) is 5.91 Å². The minimum Gasteiger partial charge on any atom is -0.493 e. The summed E-state index contributed by atoms with van der Waals surface area (Å²) < 4.78 is 16.4. The molecule has 0 aliphatic rings. The molecule has 0 saturated carbocycles. The van der Waals surface area contributed by atoms with Gasteiger partial charge >= 0.3 is 0 Å². The molecule has 26 heavy (non-hydrogen) atoms. The Bertz CT molecular complexity index is 887. The monoisotopic (exact) mass is 374 g/mol. The van der Waals surface area contributed by atoms with E-state index in [1.165, 1.54) is 0 Å². The van der Waals surface area contributed by atoms with E-state index in [1.54, 1.807) is 32.7 Å². The van der Waals surface area contributed by atoms with Gasteiger partial charge in [-0.15, -0.1) is 11.3 Å². The maximum Gasteiger partial charge on any atom is 0.225 e. The van der Waals surface area contributed by atoms with Crippen molar-refractivity contribution in [1.82, 2.24) is 10.3 Å². The molecule has 7 heteroatoms. The van der Waals surface area contributed by atoms with Gasteiger partial charge < -0.3 is 24.5 Å².